The van der Waals surface area contributed by atoms with Crippen LogP contribution >= 0.6 is 0 Å². The summed E-state index contributed by atoms with van der Waals surface area (Å²) in [7, 11) is 0. The van der Waals surface area contributed by atoms with Gasteiger partial charge in [-0.2, -0.15) is 0 Å². The third kappa shape index (κ3) is 3.80. The van der Waals surface area contributed by atoms with Crippen molar-refractivity contribution in [1.29, 1.82) is 0 Å². The van der Waals surface area contributed by atoms with E-state index in [1.165, 1.54) is 71.0 Å². The van der Waals surface area contributed by atoms with Crippen molar-refractivity contribution in [3.8, 4) is 0 Å². The number of hydrogen-bond acceptors (Lipinski definition) is 3. The Kier molecular flexibility index (Phi) is 4.25. The Morgan fingerprint density at radius 1 is 1.00 bits per heavy atom. The van der Waals surface area contributed by atoms with Crippen LogP contribution in [0.1, 0.15) is 57.8 Å². The molecule has 0 spiro atoms. The van der Waals surface area contributed by atoms with Crippen molar-refractivity contribution in [3.63, 3.8) is 0 Å². The molecule has 21 heavy (non-hydrogen) atoms. The predicted molar refractivity (Wildman–Crippen MR) is 85.2 cm³/mol. The first-order chi connectivity index (χ1) is 10.3. The van der Waals surface area contributed by atoms with E-state index in [9.17, 15) is 5.11 Å². The summed E-state index contributed by atoms with van der Waals surface area (Å²) < 4.78 is 0. The zero-order chi connectivity index (χ0) is 14.2. The molecule has 2 N–H and O–H groups in total. The van der Waals surface area contributed by atoms with Crippen LogP contribution in [-0.2, 0) is 0 Å². The highest BCUT2D eigenvalue weighted by Gasteiger charge is 2.38. The molecule has 3 aliphatic carbocycles. The minimum absolute atomic E-state index is 0.0126. The van der Waals surface area contributed by atoms with E-state index in [0.717, 1.165) is 18.4 Å². The van der Waals surface area contributed by atoms with Gasteiger partial charge in [-0.05, 0) is 75.7 Å². The van der Waals surface area contributed by atoms with Gasteiger partial charge in [-0.3, -0.25) is 4.90 Å². The molecule has 0 radical (unpaired) electrons. The molecule has 120 valence electrons. The number of piperidine rings is 1. The van der Waals surface area contributed by atoms with E-state index in [-0.39, 0.29) is 6.10 Å². The molecule has 1 heterocycles. The Balaban J connectivity index is 1.29. The third-order valence-corrected chi connectivity index (χ3v) is 6.29. The average Bonchev–Trinajstić information content (AvgIpc) is 3.28. The van der Waals surface area contributed by atoms with Crippen molar-refractivity contribution in [3.05, 3.63) is 0 Å². The van der Waals surface area contributed by atoms with E-state index < -0.39 is 0 Å². The fourth-order valence-corrected chi connectivity index (χ4v) is 4.34. The molecule has 3 nitrogen and oxygen atoms in total. The van der Waals surface area contributed by atoms with Crippen LogP contribution < -0.4 is 5.32 Å². The molecule has 1 aliphatic heterocycles. The quantitative estimate of drug-likeness (QED) is 0.756. The molecule has 0 aromatic rings. The molecule has 4 aliphatic rings. The lowest BCUT2D eigenvalue weighted by molar-refractivity contribution is 0.0700. The topological polar surface area (TPSA) is 35.5 Å². The second-order valence-electron chi connectivity index (χ2n) is 8.33. The standard InChI is InChI=1S/C18H32N2O/c21-18(15-4-5-15)9-14-8-16(19-10-13-2-1-3-13)12-20(11-14)17-6-7-17/h13-19,21H,1-12H2. The SMILES string of the molecule is OC(CC1CC(NCC2CCC2)CN(C2CC2)C1)C1CC1. The van der Waals surface area contributed by atoms with Crippen LogP contribution in [0, 0.1) is 17.8 Å². The summed E-state index contributed by atoms with van der Waals surface area (Å²) in [4.78, 5) is 2.73. The van der Waals surface area contributed by atoms with Crippen molar-refractivity contribution in [2.24, 2.45) is 17.8 Å². The molecule has 4 rings (SSSR count). The number of nitrogens with one attached hydrogen (secondary N) is 1. The van der Waals surface area contributed by atoms with Crippen molar-refractivity contribution < 1.29 is 5.11 Å². The average molecular weight is 292 g/mol. The maximum atomic E-state index is 10.3. The Morgan fingerprint density at radius 2 is 1.81 bits per heavy atom. The fraction of sp³-hybridized carbons (Fsp3) is 1.00. The highest BCUT2D eigenvalue weighted by atomic mass is 16.3. The number of aliphatic hydroxyl groups is 1. The summed E-state index contributed by atoms with van der Waals surface area (Å²) in [5.74, 6) is 2.31. The molecule has 3 saturated carbocycles. The number of likely N-dealkylation sites (tertiary alicyclic amines) is 1. The van der Waals surface area contributed by atoms with Gasteiger partial charge in [-0.15, -0.1) is 0 Å². The zero-order valence-electron chi connectivity index (χ0n) is 13.3. The van der Waals surface area contributed by atoms with Gasteiger partial charge in [0, 0.05) is 25.2 Å². The number of hydrogen-bond donors (Lipinski definition) is 2. The van der Waals surface area contributed by atoms with Crippen LogP contribution in [0.5, 0.6) is 0 Å². The van der Waals surface area contributed by atoms with Gasteiger partial charge < -0.3 is 10.4 Å². The Labute approximate surface area is 129 Å². The van der Waals surface area contributed by atoms with Gasteiger partial charge in [0.1, 0.15) is 0 Å². The Hall–Kier alpha value is -0.120. The Bertz CT molecular complexity index is 347. The molecule has 0 amide bonds. The van der Waals surface area contributed by atoms with Crippen LogP contribution in [0.2, 0.25) is 0 Å². The van der Waals surface area contributed by atoms with Gasteiger partial charge in [0.2, 0.25) is 0 Å². The third-order valence-electron chi connectivity index (χ3n) is 6.29. The molecular weight excluding hydrogens is 260 g/mol. The maximum absolute atomic E-state index is 10.3. The van der Waals surface area contributed by atoms with Gasteiger partial charge in [0.15, 0.2) is 0 Å². The molecule has 0 aromatic heterocycles. The number of rotatable bonds is 7. The first-order valence-electron chi connectivity index (χ1n) is 9.43. The first kappa shape index (κ1) is 14.5. The second kappa shape index (κ2) is 6.17. The van der Waals surface area contributed by atoms with E-state index in [2.05, 4.69) is 10.2 Å². The molecule has 3 atom stereocenters. The van der Waals surface area contributed by atoms with Crippen LogP contribution in [0.15, 0.2) is 0 Å². The van der Waals surface area contributed by atoms with Crippen molar-refractivity contribution in [1.82, 2.24) is 10.2 Å². The number of nitrogens with zero attached hydrogens (tertiary/aromatic N) is 1. The molecule has 3 unspecified atom stereocenters. The highest BCUT2D eigenvalue weighted by molar-refractivity contribution is 4.94. The molecule has 0 aromatic carbocycles. The predicted octanol–water partition coefficient (Wildman–Crippen LogP) is 2.39. The van der Waals surface area contributed by atoms with E-state index in [0.29, 0.717) is 17.9 Å². The smallest absolute Gasteiger partial charge is 0.0571 e. The van der Waals surface area contributed by atoms with E-state index in [4.69, 9.17) is 0 Å². The minimum atomic E-state index is -0.0126. The largest absolute Gasteiger partial charge is 0.393 e. The lowest BCUT2D eigenvalue weighted by atomic mass is 9.84. The maximum Gasteiger partial charge on any atom is 0.0571 e. The zero-order valence-corrected chi connectivity index (χ0v) is 13.3. The van der Waals surface area contributed by atoms with Crippen LogP contribution in [-0.4, -0.2) is 47.8 Å². The Morgan fingerprint density at radius 3 is 2.43 bits per heavy atom. The normalized spacial score (nSPS) is 36.4. The summed E-state index contributed by atoms with van der Waals surface area (Å²) in [5, 5.41) is 14.2. The van der Waals surface area contributed by atoms with Crippen molar-refractivity contribution in [2.45, 2.75) is 76.0 Å². The first-order valence-corrected chi connectivity index (χ1v) is 9.43. The lowest BCUT2D eigenvalue weighted by Gasteiger charge is -2.40. The van der Waals surface area contributed by atoms with Crippen LogP contribution in [0.4, 0.5) is 0 Å². The molecular formula is C18H32N2O. The summed E-state index contributed by atoms with van der Waals surface area (Å²) in [6.45, 7) is 3.74. The second-order valence-corrected chi connectivity index (χ2v) is 8.33. The highest BCUT2D eigenvalue weighted by Crippen LogP contribution is 2.38. The van der Waals surface area contributed by atoms with Crippen LogP contribution in [0.3, 0.4) is 0 Å². The van der Waals surface area contributed by atoms with Crippen molar-refractivity contribution >= 4 is 0 Å². The molecule has 3 heteroatoms. The summed E-state index contributed by atoms with van der Waals surface area (Å²) in [6.07, 6.45) is 12.0. The van der Waals surface area contributed by atoms with Crippen LogP contribution in [0.25, 0.3) is 0 Å². The summed E-state index contributed by atoms with van der Waals surface area (Å²) in [6, 6.07) is 1.55. The molecule has 4 fully saturated rings. The van der Waals surface area contributed by atoms with Gasteiger partial charge in [0.25, 0.3) is 0 Å². The van der Waals surface area contributed by atoms with Gasteiger partial charge in [0.05, 0.1) is 6.10 Å². The fourth-order valence-electron chi connectivity index (χ4n) is 4.34. The monoisotopic (exact) mass is 292 g/mol. The number of aliphatic hydroxyl groups excluding tert-OH is 1. The summed E-state index contributed by atoms with van der Waals surface area (Å²) in [5.41, 5.74) is 0. The van der Waals surface area contributed by atoms with Crippen molar-refractivity contribution in [2.75, 3.05) is 19.6 Å². The van der Waals surface area contributed by atoms with E-state index >= 15 is 0 Å². The van der Waals surface area contributed by atoms with E-state index in [1.807, 2.05) is 0 Å². The summed E-state index contributed by atoms with van der Waals surface area (Å²) >= 11 is 0. The van der Waals surface area contributed by atoms with E-state index in [1.54, 1.807) is 0 Å². The molecule has 0 bridgehead atoms. The lowest BCUT2D eigenvalue weighted by Crippen LogP contribution is -2.51. The molecule has 1 saturated heterocycles. The minimum Gasteiger partial charge on any atom is -0.393 e. The van der Waals surface area contributed by atoms with Gasteiger partial charge in [-0.25, -0.2) is 0 Å². The van der Waals surface area contributed by atoms with Gasteiger partial charge in [-0.1, -0.05) is 6.42 Å². The van der Waals surface area contributed by atoms with Gasteiger partial charge >= 0.3 is 0 Å².